The molecule has 0 radical (unpaired) electrons. The molecule has 116 valence electrons. The predicted octanol–water partition coefficient (Wildman–Crippen LogP) is 2.67. The van der Waals surface area contributed by atoms with Gasteiger partial charge in [-0.05, 0) is 24.0 Å². The lowest BCUT2D eigenvalue weighted by molar-refractivity contribution is -0.120. The third kappa shape index (κ3) is 4.83. The summed E-state index contributed by atoms with van der Waals surface area (Å²) in [4.78, 5) is 11.8. The van der Waals surface area contributed by atoms with Crippen molar-refractivity contribution in [3.8, 4) is 0 Å². The summed E-state index contributed by atoms with van der Waals surface area (Å²) in [5, 5.41) is 3.46. The molecular weight excluding hydrogens is 264 g/mol. The van der Waals surface area contributed by atoms with Gasteiger partial charge in [0.05, 0.1) is 6.61 Å². The Kier molecular flexibility index (Phi) is 6.21. The first-order valence-electron chi connectivity index (χ1n) is 7.84. The quantitative estimate of drug-likeness (QED) is 0.792. The molecule has 0 spiro atoms. The summed E-state index contributed by atoms with van der Waals surface area (Å²) in [5.41, 5.74) is 7.63. The van der Waals surface area contributed by atoms with E-state index in [1.807, 2.05) is 24.3 Å². The number of carbonyl (C=O) groups excluding carboxylic acids is 1. The van der Waals surface area contributed by atoms with Crippen LogP contribution in [-0.4, -0.2) is 19.1 Å². The lowest BCUT2D eigenvalue weighted by Gasteiger charge is -2.23. The fraction of sp³-hybridized carbons (Fsp3) is 0.588. The molecule has 1 saturated carbocycles. The van der Waals surface area contributed by atoms with Gasteiger partial charge in [0.25, 0.3) is 0 Å². The first-order chi connectivity index (χ1) is 10.2. The Balaban J connectivity index is 2.05. The molecule has 1 atom stereocenters. The third-order valence-electron chi connectivity index (χ3n) is 4.17. The van der Waals surface area contributed by atoms with E-state index in [9.17, 15) is 4.79 Å². The van der Waals surface area contributed by atoms with Gasteiger partial charge in [0, 0.05) is 13.2 Å². The van der Waals surface area contributed by atoms with E-state index in [4.69, 9.17) is 10.5 Å². The Hall–Kier alpha value is -1.39. The van der Waals surface area contributed by atoms with Gasteiger partial charge in [-0.25, -0.2) is 0 Å². The molecule has 0 bridgehead atoms. The van der Waals surface area contributed by atoms with Gasteiger partial charge in [0.1, 0.15) is 6.04 Å². The number of amides is 1. The summed E-state index contributed by atoms with van der Waals surface area (Å²) in [6, 6.07) is 7.90. The Bertz CT molecular complexity index is 437. The van der Waals surface area contributed by atoms with E-state index in [1.54, 1.807) is 7.11 Å². The molecule has 21 heavy (non-hydrogen) atoms. The molecule has 4 heteroatoms. The van der Waals surface area contributed by atoms with Crippen LogP contribution in [-0.2, 0) is 16.1 Å². The second-order valence-corrected chi connectivity index (χ2v) is 5.87. The van der Waals surface area contributed by atoms with Crippen LogP contribution in [0.2, 0.25) is 0 Å². The number of ether oxygens (including phenoxy) is 1. The summed E-state index contributed by atoms with van der Waals surface area (Å²) in [7, 11) is 1.67. The van der Waals surface area contributed by atoms with Crippen LogP contribution in [0.3, 0.4) is 0 Å². The molecule has 0 heterocycles. The zero-order valence-electron chi connectivity index (χ0n) is 12.8. The maximum atomic E-state index is 11.8. The average molecular weight is 290 g/mol. The van der Waals surface area contributed by atoms with Gasteiger partial charge >= 0.3 is 0 Å². The average Bonchev–Trinajstić information content (AvgIpc) is 2.74. The van der Waals surface area contributed by atoms with Crippen LogP contribution >= 0.6 is 0 Å². The first-order valence-corrected chi connectivity index (χ1v) is 7.84. The molecule has 1 aromatic carbocycles. The zero-order chi connectivity index (χ0) is 15.1. The minimum Gasteiger partial charge on any atom is -0.380 e. The van der Waals surface area contributed by atoms with Gasteiger partial charge in [-0.15, -0.1) is 0 Å². The minimum atomic E-state index is -0.398. The van der Waals surface area contributed by atoms with Crippen molar-refractivity contribution >= 4 is 5.91 Å². The number of nitrogens with two attached hydrogens (primary N) is 1. The van der Waals surface area contributed by atoms with Crippen LogP contribution < -0.4 is 11.1 Å². The van der Waals surface area contributed by atoms with Crippen LogP contribution in [0.1, 0.15) is 55.7 Å². The molecule has 1 unspecified atom stereocenters. The summed E-state index contributed by atoms with van der Waals surface area (Å²) in [6.45, 7) is 0.581. The topological polar surface area (TPSA) is 64.3 Å². The Morgan fingerprint density at radius 3 is 2.38 bits per heavy atom. The van der Waals surface area contributed by atoms with Crippen molar-refractivity contribution in [2.75, 3.05) is 7.11 Å². The molecule has 2 rings (SSSR count). The third-order valence-corrected chi connectivity index (χ3v) is 4.17. The maximum Gasteiger partial charge on any atom is 0.239 e. The first kappa shape index (κ1) is 16.0. The smallest absolute Gasteiger partial charge is 0.239 e. The molecular formula is C17H26N2O2. The molecule has 1 aliphatic rings. The normalized spacial score (nSPS) is 18.1. The fourth-order valence-electron chi connectivity index (χ4n) is 3.00. The van der Waals surface area contributed by atoms with Gasteiger partial charge in [-0.3, -0.25) is 10.1 Å². The molecule has 4 nitrogen and oxygen atoms in total. The van der Waals surface area contributed by atoms with Crippen molar-refractivity contribution in [1.29, 1.82) is 0 Å². The molecule has 0 saturated heterocycles. The highest BCUT2D eigenvalue weighted by Gasteiger charge is 2.22. The molecule has 1 amide bonds. The lowest BCUT2D eigenvalue weighted by atomic mass is 10.0. The van der Waals surface area contributed by atoms with E-state index in [0.717, 1.165) is 24.0 Å². The highest BCUT2D eigenvalue weighted by Crippen LogP contribution is 2.21. The summed E-state index contributed by atoms with van der Waals surface area (Å²) < 4.78 is 5.10. The SMILES string of the molecule is COCc1ccc(C(NC2CCCCCC2)C(N)=O)cc1. The molecule has 1 aromatic rings. The van der Waals surface area contributed by atoms with E-state index in [2.05, 4.69) is 5.32 Å². The number of benzene rings is 1. The fourth-order valence-corrected chi connectivity index (χ4v) is 3.00. The minimum absolute atomic E-state index is 0.307. The van der Waals surface area contributed by atoms with E-state index < -0.39 is 6.04 Å². The number of methoxy groups -OCH3 is 1. The van der Waals surface area contributed by atoms with Crippen molar-refractivity contribution in [2.24, 2.45) is 5.73 Å². The van der Waals surface area contributed by atoms with Crippen LogP contribution in [0.25, 0.3) is 0 Å². The van der Waals surface area contributed by atoms with Gasteiger partial charge in [0.15, 0.2) is 0 Å². The van der Waals surface area contributed by atoms with Gasteiger partial charge in [-0.2, -0.15) is 0 Å². The van der Waals surface area contributed by atoms with E-state index in [0.29, 0.717) is 12.6 Å². The Morgan fingerprint density at radius 1 is 1.24 bits per heavy atom. The van der Waals surface area contributed by atoms with E-state index in [1.165, 1.54) is 25.7 Å². The summed E-state index contributed by atoms with van der Waals surface area (Å²) in [5.74, 6) is -0.307. The monoisotopic (exact) mass is 290 g/mol. The number of rotatable bonds is 6. The second-order valence-electron chi connectivity index (χ2n) is 5.87. The summed E-state index contributed by atoms with van der Waals surface area (Å²) >= 11 is 0. The van der Waals surface area contributed by atoms with Gasteiger partial charge in [-0.1, -0.05) is 49.9 Å². The van der Waals surface area contributed by atoms with Crippen molar-refractivity contribution in [3.05, 3.63) is 35.4 Å². The highest BCUT2D eigenvalue weighted by atomic mass is 16.5. The van der Waals surface area contributed by atoms with Crippen molar-refractivity contribution < 1.29 is 9.53 Å². The second kappa shape index (κ2) is 8.15. The van der Waals surface area contributed by atoms with Crippen LogP contribution in [0.4, 0.5) is 0 Å². The van der Waals surface area contributed by atoms with E-state index in [-0.39, 0.29) is 5.91 Å². The molecule has 3 N–H and O–H groups in total. The largest absolute Gasteiger partial charge is 0.380 e. The molecule has 0 aliphatic heterocycles. The summed E-state index contributed by atoms with van der Waals surface area (Å²) in [6.07, 6.45) is 7.32. The molecule has 1 fully saturated rings. The zero-order valence-corrected chi connectivity index (χ0v) is 12.8. The molecule has 0 aromatic heterocycles. The number of hydrogen-bond donors (Lipinski definition) is 2. The van der Waals surface area contributed by atoms with E-state index >= 15 is 0 Å². The van der Waals surface area contributed by atoms with Crippen LogP contribution in [0.15, 0.2) is 24.3 Å². The maximum absolute atomic E-state index is 11.8. The van der Waals surface area contributed by atoms with Crippen LogP contribution in [0, 0.1) is 0 Å². The van der Waals surface area contributed by atoms with Crippen molar-refractivity contribution in [3.63, 3.8) is 0 Å². The van der Waals surface area contributed by atoms with Gasteiger partial charge in [0.2, 0.25) is 5.91 Å². The molecule has 1 aliphatic carbocycles. The number of carbonyl (C=O) groups is 1. The van der Waals surface area contributed by atoms with Gasteiger partial charge < -0.3 is 10.5 Å². The number of primary amides is 1. The number of hydrogen-bond acceptors (Lipinski definition) is 3. The Morgan fingerprint density at radius 2 is 1.86 bits per heavy atom. The predicted molar refractivity (Wildman–Crippen MR) is 83.7 cm³/mol. The van der Waals surface area contributed by atoms with Crippen molar-refractivity contribution in [1.82, 2.24) is 5.32 Å². The van der Waals surface area contributed by atoms with Crippen molar-refractivity contribution in [2.45, 2.75) is 57.2 Å². The van der Waals surface area contributed by atoms with Crippen LogP contribution in [0.5, 0.6) is 0 Å². The standard InChI is InChI=1S/C17H26N2O2/c1-21-12-13-8-10-14(11-9-13)16(17(18)20)19-15-6-4-2-3-5-7-15/h8-11,15-16,19H,2-7,12H2,1H3,(H2,18,20). The Labute approximate surface area is 127 Å². The number of nitrogens with one attached hydrogen (secondary N) is 1. The highest BCUT2D eigenvalue weighted by molar-refractivity contribution is 5.81. The lowest BCUT2D eigenvalue weighted by Crippen LogP contribution is -2.39.